The Morgan fingerprint density at radius 1 is 1.36 bits per heavy atom. The van der Waals surface area contributed by atoms with E-state index in [1.165, 1.54) is 0 Å². The lowest BCUT2D eigenvalue weighted by Gasteiger charge is -2.34. The predicted octanol–water partition coefficient (Wildman–Crippen LogP) is 2.53. The average molecular weight is 360 g/mol. The van der Waals surface area contributed by atoms with Gasteiger partial charge >= 0.3 is 0 Å². The van der Waals surface area contributed by atoms with Gasteiger partial charge in [0, 0.05) is 38.5 Å². The Kier molecular flexibility index (Phi) is 4.85. The van der Waals surface area contributed by atoms with Gasteiger partial charge < -0.3 is 9.42 Å². The average Bonchev–Trinajstić information content (AvgIpc) is 3.05. The summed E-state index contributed by atoms with van der Waals surface area (Å²) in [6, 6.07) is 3.99. The molecule has 1 aliphatic heterocycles. The van der Waals surface area contributed by atoms with Gasteiger partial charge in [0.15, 0.2) is 0 Å². The molecule has 2 fully saturated rings. The molecule has 0 radical (unpaired) electrons. The van der Waals surface area contributed by atoms with E-state index in [4.69, 9.17) is 4.52 Å². The largest absolute Gasteiger partial charge is 0.340 e. The Morgan fingerprint density at radius 3 is 2.84 bits per heavy atom. The summed E-state index contributed by atoms with van der Waals surface area (Å²) in [6.45, 7) is 6.85. The van der Waals surface area contributed by atoms with E-state index in [2.05, 4.69) is 26.9 Å². The Bertz CT molecular complexity index is 706. The molecule has 4 rings (SSSR count). The predicted molar refractivity (Wildman–Crippen MR) is 96.2 cm³/mol. The fraction of sp³-hybridized carbons (Fsp3) is 0.611. The zero-order chi connectivity index (χ0) is 17.2. The van der Waals surface area contributed by atoms with Crippen molar-refractivity contribution in [2.75, 3.05) is 32.7 Å². The maximum atomic E-state index is 12.3. The second-order valence-corrected chi connectivity index (χ2v) is 8.03. The van der Waals surface area contributed by atoms with E-state index >= 15 is 0 Å². The van der Waals surface area contributed by atoms with E-state index in [1.54, 1.807) is 11.3 Å². The minimum atomic E-state index is 0.307. The molecule has 134 valence electrons. The highest BCUT2D eigenvalue weighted by Crippen LogP contribution is 2.39. The maximum Gasteiger partial charge on any atom is 0.227 e. The van der Waals surface area contributed by atoms with Crippen LogP contribution in [0.5, 0.6) is 0 Å². The van der Waals surface area contributed by atoms with Gasteiger partial charge in [-0.2, -0.15) is 4.98 Å². The zero-order valence-electron chi connectivity index (χ0n) is 14.6. The monoisotopic (exact) mass is 360 g/mol. The number of nitrogens with zero attached hydrogens (tertiary/aromatic N) is 4. The number of aromatic nitrogens is 2. The molecular weight excluding hydrogens is 336 g/mol. The van der Waals surface area contributed by atoms with Crippen LogP contribution in [-0.2, 0) is 11.2 Å². The molecule has 0 aromatic carbocycles. The van der Waals surface area contributed by atoms with Gasteiger partial charge in [-0.15, -0.1) is 11.3 Å². The van der Waals surface area contributed by atoms with Crippen molar-refractivity contribution in [2.45, 2.75) is 26.2 Å². The summed E-state index contributed by atoms with van der Waals surface area (Å²) in [5.74, 6) is 2.67. The third-order valence-electron chi connectivity index (χ3n) is 5.19. The minimum Gasteiger partial charge on any atom is -0.340 e. The minimum absolute atomic E-state index is 0.307. The van der Waals surface area contributed by atoms with Crippen molar-refractivity contribution in [3.63, 3.8) is 0 Å². The molecule has 6 nitrogen and oxygen atoms in total. The summed E-state index contributed by atoms with van der Waals surface area (Å²) in [5, 5.41) is 6.06. The summed E-state index contributed by atoms with van der Waals surface area (Å²) in [4.78, 5) is 22.2. The van der Waals surface area contributed by atoms with Gasteiger partial charge in [0.1, 0.15) is 0 Å². The number of carbonyl (C=O) groups is 1. The molecule has 3 heterocycles. The van der Waals surface area contributed by atoms with Crippen molar-refractivity contribution in [3.05, 3.63) is 23.4 Å². The molecule has 2 atom stereocenters. The van der Waals surface area contributed by atoms with Crippen LogP contribution >= 0.6 is 11.3 Å². The lowest BCUT2D eigenvalue weighted by atomic mass is 10.2. The number of amides is 1. The van der Waals surface area contributed by atoms with E-state index in [0.29, 0.717) is 29.5 Å². The van der Waals surface area contributed by atoms with Crippen LogP contribution < -0.4 is 0 Å². The summed E-state index contributed by atoms with van der Waals surface area (Å²) in [6.07, 6.45) is 2.88. The van der Waals surface area contributed by atoms with Crippen molar-refractivity contribution in [3.8, 4) is 10.7 Å². The third-order valence-corrected chi connectivity index (χ3v) is 6.05. The third kappa shape index (κ3) is 3.93. The van der Waals surface area contributed by atoms with Crippen LogP contribution in [0.4, 0.5) is 0 Å². The summed E-state index contributed by atoms with van der Waals surface area (Å²) in [5.41, 5.74) is 0. The van der Waals surface area contributed by atoms with E-state index in [9.17, 15) is 4.79 Å². The van der Waals surface area contributed by atoms with Crippen molar-refractivity contribution >= 4 is 17.2 Å². The highest BCUT2D eigenvalue weighted by atomic mass is 32.1. The first-order valence-corrected chi connectivity index (χ1v) is 9.96. The zero-order valence-corrected chi connectivity index (χ0v) is 15.4. The second kappa shape index (κ2) is 7.25. The molecule has 7 heteroatoms. The van der Waals surface area contributed by atoms with E-state index in [0.717, 1.165) is 56.9 Å². The van der Waals surface area contributed by atoms with Gasteiger partial charge in [0.2, 0.25) is 17.6 Å². The topological polar surface area (TPSA) is 62.5 Å². The van der Waals surface area contributed by atoms with E-state index in [1.807, 2.05) is 17.5 Å². The molecule has 2 aliphatic rings. The first kappa shape index (κ1) is 16.7. The Morgan fingerprint density at radius 2 is 2.16 bits per heavy atom. The molecule has 0 N–H and O–H groups in total. The van der Waals surface area contributed by atoms with Crippen LogP contribution in [0.2, 0.25) is 0 Å². The molecule has 25 heavy (non-hydrogen) atoms. The number of rotatable bonds is 6. The number of thiophene rings is 1. The highest BCUT2D eigenvalue weighted by molar-refractivity contribution is 7.13. The summed E-state index contributed by atoms with van der Waals surface area (Å²) >= 11 is 1.62. The molecule has 1 saturated heterocycles. The molecule has 2 unspecified atom stereocenters. The number of hydrogen-bond donors (Lipinski definition) is 0. The van der Waals surface area contributed by atoms with Crippen LogP contribution in [0, 0.1) is 11.8 Å². The van der Waals surface area contributed by atoms with Gasteiger partial charge in [0.05, 0.1) is 4.88 Å². The molecular formula is C18H24N4O2S. The first-order chi connectivity index (χ1) is 12.2. The highest BCUT2D eigenvalue weighted by Gasteiger charge is 2.41. The van der Waals surface area contributed by atoms with Gasteiger partial charge in [0.25, 0.3) is 0 Å². The maximum absolute atomic E-state index is 12.3. The van der Waals surface area contributed by atoms with Crippen molar-refractivity contribution < 1.29 is 9.32 Å². The Balaban J connectivity index is 1.18. The molecule has 1 amide bonds. The van der Waals surface area contributed by atoms with Crippen LogP contribution in [0.25, 0.3) is 10.7 Å². The fourth-order valence-electron chi connectivity index (χ4n) is 3.41. The van der Waals surface area contributed by atoms with Gasteiger partial charge in [-0.1, -0.05) is 18.1 Å². The van der Waals surface area contributed by atoms with E-state index < -0.39 is 0 Å². The lowest BCUT2D eigenvalue weighted by Crippen LogP contribution is -2.49. The van der Waals surface area contributed by atoms with Crippen LogP contribution in [-0.4, -0.2) is 58.6 Å². The van der Waals surface area contributed by atoms with Gasteiger partial charge in [-0.3, -0.25) is 9.69 Å². The van der Waals surface area contributed by atoms with Crippen molar-refractivity contribution in [2.24, 2.45) is 11.8 Å². The summed E-state index contributed by atoms with van der Waals surface area (Å²) in [7, 11) is 0. The van der Waals surface area contributed by atoms with Gasteiger partial charge in [-0.05, 0) is 36.8 Å². The number of aryl methyl sites for hydroxylation is 1. The molecule has 1 aliphatic carbocycles. The standard InChI is InChI=1S/C18H24N4O2S/c1-13-12-14(13)18(23)22-9-7-21(8-10-22)6-2-5-16-19-17(20-24-16)15-4-3-11-25-15/h3-4,11,13-14H,2,5-10,12H2,1H3. The SMILES string of the molecule is CC1CC1C(=O)N1CCN(CCCc2nc(-c3cccs3)no2)CC1. The van der Waals surface area contributed by atoms with Gasteiger partial charge in [-0.25, -0.2) is 0 Å². The fourth-order valence-corrected chi connectivity index (χ4v) is 4.06. The van der Waals surface area contributed by atoms with Crippen LogP contribution in [0.15, 0.2) is 22.0 Å². The smallest absolute Gasteiger partial charge is 0.227 e. The molecule has 0 bridgehead atoms. The Labute approximate surface area is 151 Å². The number of hydrogen-bond acceptors (Lipinski definition) is 6. The van der Waals surface area contributed by atoms with Crippen molar-refractivity contribution in [1.82, 2.24) is 19.9 Å². The lowest BCUT2D eigenvalue weighted by molar-refractivity contribution is -0.134. The molecule has 2 aromatic heterocycles. The van der Waals surface area contributed by atoms with Crippen LogP contribution in [0.3, 0.4) is 0 Å². The normalized spacial score (nSPS) is 23.8. The quantitative estimate of drug-likeness (QED) is 0.792. The molecule has 2 aromatic rings. The molecule has 1 saturated carbocycles. The van der Waals surface area contributed by atoms with Crippen LogP contribution in [0.1, 0.15) is 25.7 Å². The van der Waals surface area contributed by atoms with E-state index in [-0.39, 0.29) is 0 Å². The first-order valence-electron chi connectivity index (χ1n) is 9.08. The van der Waals surface area contributed by atoms with Crippen molar-refractivity contribution in [1.29, 1.82) is 0 Å². The number of piperazine rings is 1. The second-order valence-electron chi connectivity index (χ2n) is 7.08. The summed E-state index contributed by atoms with van der Waals surface area (Å²) < 4.78 is 5.34. The molecule has 0 spiro atoms. The Hall–Kier alpha value is -1.73. The number of carbonyl (C=O) groups excluding carboxylic acids is 1.